The normalized spacial score (nSPS) is 16.7. The largest absolute Gasteiger partial charge is 0.507 e. The molecule has 2 aromatic rings. The van der Waals surface area contributed by atoms with Crippen LogP contribution in [0.3, 0.4) is 0 Å². The Bertz CT molecular complexity index is 1120. The molecule has 0 saturated carbocycles. The minimum atomic E-state index is -0.720. The summed E-state index contributed by atoms with van der Waals surface area (Å²) in [7, 11) is 1.59. The number of carbonyl (C=O) groups is 2. The average molecular weight is 508 g/mol. The van der Waals surface area contributed by atoms with Gasteiger partial charge in [0.1, 0.15) is 23.9 Å². The zero-order valence-electron chi connectivity index (χ0n) is 22.0. The summed E-state index contributed by atoms with van der Waals surface area (Å²) in [5.74, 6) is -0.190. The van der Waals surface area contributed by atoms with Crippen LogP contribution in [0.2, 0.25) is 0 Å². The molecule has 0 aliphatic carbocycles. The maximum Gasteiger partial charge on any atom is 0.295 e. The zero-order valence-corrected chi connectivity index (χ0v) is 22.0. The van der Waals surface area contributed by atoms with Gasteiger partial charge in [-0.3, -0.25) is 9.59 Å². The molecule has 1 amide bonds. The van der Waals surface area contributed by atoms with Crippen molar-refractivity contribution in [3.05, 3.63) is 77.4 Å². The monoisotopic (exact) mass is 507 g/mol. The van der Waals surface area contributed by atoms with E-state index in [1.54, 1.807) is 31.4 Å². The van der Waals surface area contributed by atoms with Crippen LogP contribution in [0, 0.1) is 6.92 Å². The highest BCUT2D eigenvalue weighted by atomic mass is 16.5. The number of aliphatic hydroxyl groups excluding tert-OH is 1. The van der Waals surface area contributed by atoms with Crippen molar-refractivity contribution >= 4 is 17.4 Å². The lowest BCUT2D eigenvalue weighted by Gasteiger charge is -2.25. The van der Waals surface area contributed by atoms with Gasteiger partial charge in [-0.15, -0.1) is 0 Å². The number of hydrogen-bond acceptors (Lipinski definition) is 6. The number of aryl methyl sites for hydroxylation is 1. The number of ether oxygens (including phenoxy) is 3. The van der Waals surface area contributed by atoms with E-state index in [1.807, 2.05) is 31.2 Å². The van der Waals surface area contributed by atoms with Gasteiger partial charge >= 0.3 is 0 Å². The van der Waals surface area contributed by atoms with E-state index in [0.717, 1.165) is 36.1 Å². The lowest BCUT2D eigenvalue weighted by molar-refractivity contribution is -0.140. The SMILES string of the molecule is C=CCOc1ccc(/C(O)=C2\C(=O)C(=O)N(CCCOC)C2c2ccc(OCCCCC)cc2)c(C)c1. The fourth-order valence-electron chi connectivity index (χ4n) is 4.42. The molecular formula is C30H37NO6. The minimum Gasteiger partial charge on any atom is -0.507 e. The summed E-state index contributed by atoms with van der Waals surface area (Å²) < 4.78 is 16.6. The van der Waals surface area contributed by atoms with Gasteiger partial charge in [-0.25, -0.2) is 0 Å². The summed E-state index contributed by atoms with van der Waals surface area (Å²) >= 11 is 0. The zero-order chi connectivity index (χ0) is 26.8. The highest BCUT2D eigenvalue weighted by molar-refractivity contribution is 6.46. The second-order valence-electron chi connectivity index (χ2n) is 9.04. The molecule has 1 unspecified atom stereocenters. The number of nitrogens with zero attached hydrogens (tertiary/aromatic N) is 1. The van der Waals surface area contributed by atoms with E-state index < -0.39 is 17.7 Å². The molecule has 0 spiro atoms. The first kappa shape index (κ1) is 28.0. The molecule has 1 aliphatic rings. The summed E-state index contributed by atoms with van der Waals surface area (Å²) in [6.45, 7) is 9.38. The molecule has 37 heavy (non-hydrogen) atoms. The first-order chi connectivity index (χ1) is 17.9. The molecule has 0 aromatic heterocycles. The van der Waals surface area contributed by atoms with Gasteiger partial charge in [0.15, 0.2) is 0 Å². The third-order valence-corrected chi connectivity index (χ3v) is 6.32. The van der Waals surface area contributed by atoms with Crippen LogP contribution in [-0.4, -0.2) is 55.2 Å². The van der Waals surface area contributed by atoms with Gasteiger partial charge in [0.25, 0.3) is 11.7 Å². The molecular weight excluding hydrogens is 470 g/mol. The molecule has 0 bridgehead atoms. The molecule has 7 heteroatoms. The molecule has 1 N–H and O–H groups in total. The van der Waals surface area contributed by atoms with Crippen molar-refractivity contribution in [2.24, 2.45) is 0 Å². The van der Waals surface area contributed by atoms with Crippen LogP contribution in [0.15, 0.2) is 60.7 Å². The Morgan fingerprint density at radius 1 is 1.03 bits per heavy atom. The van der Waals surface area contributed by atoms with Gasteiger partial charge in [0.2, 0.25) is 0 Å². The van der Waals surface area contributed by atoms with Crippen molar-refractivity contribution in [3.63, 3.8) is 0 Å². The van der Waals surface area contributed by atoms with Gasteiger partial charge in [-0.1, -0.05) is 44.6 Å². The van der Waals surface area contributed by atoms with Gasteiger partial charge < -0.3 is 24.2 Å². The molecule has 3 rings (SSSR count). The van der Waals surface area contributed by atoms with E-state index in [0.29, 0.717) is 44.1 Å². The third kappa shape index (κ3) is 6.80. The summed E-state index contributed by atoms with van der Waals surface area (Å²) in [4.78, 5) is 27.8. The molecule has 1 aliphatic heterocycles. The Labute approximate surface area is 219 Å². The van der Waals surface area contributed by atoms with Crippen LogP contribution in [0.25, 0.3) is 5.76 Å². The number of benzene rings is 2. The molecule has 7 nitrogen and oxygen atoms in total. The number of methoxy groups -OCH3 is 1. The Morgan fingerprint density at radius 2 is 1.76 bits per heavy atom. The maximum atomic E-state index is 13.2. The summed E-state index contributed by atoms with van der Waals surface area (Å²) in [6.07, 6.45) is 5.42. The summed E-state index contributed by atoms with van der Waals surface area (Å²) in [5.41, 5.74) is 1.99. The predicted molar refractivity (Wildman–Crippen MR) is 144 cm³/mol. The van der Waals surface area contributed by atoms with Crippen molar-refractivity contribution in [1.82, 2.24) is 4.90 Å². The van der Waals surface area contributed by atoms with E-state index in [9.17, 15) is 14.7 Å². The number of amides is 1. The Balaban J connectivity index is 1.99. The summed E-state index contributed by atoms with van der Waals surface area (Å²) in [5, 5.41) is 11.4. The van der Waals surface area contributed by atoms with Gasteiger partial charge in [-0.2, -0.15) is 0 Å². The number of Topliss-reactive ketones (excluding diaryl/α,β-unsaturated/α-hetero) is 1. The van der Waals surface area contributed by atoms with Crippen LogP contribution in [0.5, 0.6) is 11.5 Å². The average Bonchev–Trinajstić information content (AvgIpc) is 3.15. The fourth-order valence-corrected chi connectivity index (χ4v) is 4.42. The third-order valence-electron chi connectivity index (χ3n) is 6.32. The minimum absolute atomic E-state index is 0.0712. The molecule has 2 aromatic carbocycles. The van der Waals surface area contributed by atoms with E-state index in [-0.39, 0.29) is 11.3 Å². The molecule has 1 saturated heterocycles. The topological polar surface area (TPSA) is 85.3 Å². The number of ketones is 1. The molecule has 1 atom stereocenters. The highest BCUT2D eigenvalue weighted by Gasteiger charge is 2.45. The second kappa shape index (κ2) is 13.7. The van der Waals surface area contributed by atoms with Crippen molar-refractivity contribution in [2.45, 2.75) is 45.6 Å². The quantitative estimate of drug-likeness (QED) is 0.118. The fraction of sp³-hybridized carbons (Fsp3) is 0.400. The number of carbonyl (C=O) groups excluding carboxylic acids is 2. The van der Waals surface area contributed by atoms with Gasteiger partial charge in [0, 0.05) is 25.8 Å². The molecule has 198 valence electrons. The van der Waals surface area contributed by atoms with E-state index in [1.165, 1.54) is 4.90 Å². The Morgan fingerprint density at radius 3 is 2.41 bits per heavy atom. The van der Waals surface area contributed by atoms with Crippen LogP contribution < -0.4 is 9.47 Å². The smallest absolute Gasteiger partial charge is 0.295 e. The first-order valence-electron chi connectivity index (χ1n) is 12.8. The maximum absolute atomic E-state index is 13.2. The van der Waals surface area contributed by atoms with Crippen LogP contribution in [-0.2, 0) is 14.3 Å². The lowest BCUT2D eigenvalue weighted by atomic mass is 9.93. The molecule has 0 radical (unpaired) electrons. The van der Waals surface area contributed by atoms with Gasteiger partial charge in [-0.05, 0) is 61.2 Å². The van der Waals surface area contributed by atoms with Crippen molar-refractivity contribution in [3.8, 4) is 11.5 Å². The molecule has 1 heterocycles. The number of hydrogen-bond donors (Lipinski definition) is 1. The Hall–Kier alpha value is -3.58. The first-order valence-corrected chi connectivity index (χ1v) is 12.8. The van der Waals surface area contributed by atoms with E-state index in [2.05, 4.69) is 13.5 Å². The summed E-state index contributed by atoms with van der Waals surface area (Å²) in [6, 6.07) is 11.9. The van der Waals surface area contributed by atoms with Crippen LogP contribution >= 0.6 is 0 Å². The number of unbranched alkanes of at least 4 members (excludes halogenated alkanes) is 2. The van der Waals surface area contributed by atoms with E-state index >= 15 is 0 Å². The highest BCUT2D eigenvalue weighted by Crippen LogP contribution is 2.40. The lowest BCUT2D eigenvalue weighted by Crippen LogP contribution is -2.31. The Kier molecular flexibility index (Phi) is 10.3. The number of aliphatic hydroxyl groups is 1. The van der Waals surface area contributed by atoms with Crippen molar-refractivity contribution < 1.29 is 28.9 Å². The second-order valence-corrected chi connectivity index (χ2v) is 9.04. The number of rotatable bonds is 14. The van der Waals surface area contributed by atoms with Gasteiger partial charge in [0.05, 0.1) is 18.2 Å². The molecule has 1 fully saturated rings. The van der Waals surface area contributed by atoms with E-state index in [4.69, 9.17) is 14.2 Å². The van der Waals surface area contributed by atoms with Crippen LogP contribution in [0.1, 0.15) is 55.3 Å². The predicted octanol–water partition coefficient (Wildman–Crippen LogP) is 5.59. The standard InChI is InChI=1S/C30H37NO6/c1-5-7-8-19-37-23-12-10-22(11-13-23)27-26(29(33)30(34)31(27)16-9-18-35-4)28(32)25-15-14-24(20-21(25)3)36-17-6-2/h6,10-15,20,27,32H,2,5,7-9,16-19H2,1,3-4H3/b28-26+. The van der Waals surface area contributed by atoms with Crippen LogP contribution in [0.4, 0.5) is 0 Å². The van der Waals surface area contributed by atoms with Crippen molar-refractivity contribution in [1.29, 1.82) is 0 Å². The number of likely N-dealkylation sites (tertiary alicyclic amines) is 1. The van der Waals surface area contributed by atoms with Crippen molar-refractivity contribution in [2.75, 3.05) is 33.5 Å².